The molecule has 5 N–H and O–H groups in total. The number of primary amides is 1. The van der Waals surface area contributed by atoms with Crippen LogP contribution in [0.4, 0.5) is 11.4 Å². The number of anilines is 2. The third kappa shape index (κ3) is 3.68. The van der Waals surface area contributed by atoms with E-state index in [0.717, 1.165) is 5.56 Å². The Balaban J connectivity index is 1.56. The van der Waals surface area contributed by atoms with E-state index in [1.165, 1.54) is 0 Å². The van der Waals surface area contributed by atoms with Gasteiger partial charge < -0.3 is 26.2 Å². The smallest absolute Gasteiger partial charge is 0.235 e. The highest BCUT2D eigenvalue weighted by Gasteiger charge is 2.66. The summed E-state index contributed by atoms with van der Waals surface area (Å²) >= 11 is 0. The van der Waals surface area contributed by atoms with Crippen molar-refractivity contribution >= 4 is 40.4 Å². The van der Waals surface area contributed by atoms with E-state index in [4.69, 9.17) is 5.73 Å². The molecular formula is C27H28N4O7. The van der Waals surface area contributed by atoms with Crippen LogP contribution in [0.15, 0.2) is 30.6 Å². The SMILES string of the molecule is CN(C)c1cc(NCc2cccnc2)c(O)c2c1C[C@H]1C[C@H]3CC(=O)C(C(N)=O)C(=O)[C@@]3(O)C(=O)C1C2=O. The summed E-state index contributed by atoms with van der Waals surface area (Å²) in [5.74, 6) is -10.3. The van der Waals surface area contributed by atoms with E-state index < -0.39 is 58.3 Å². The molecule has 2 aromatic rings. The number of aromatic hydroxyl groups is 1. The second-order valence-electron chi connectivity index (χ2n) is 10.5. The summed E-state index contributed by atoms with van der Waals surface area (Å²) in [6.45, 7) is 0.310. The zero-order chi connectivity index (χ0) is 27.5. The van der Waals surface area contributed by atoms with Crippen LogP contribution < -0.4 is 16.0 Å². The Labute approximate surface area is 218 Å². The van der Waals surface area contributed by atoms with Crippen molar-refractivity contribution in [1.82, 2.24) is 4.98 Å². The van der Waals surface area contributed by atoms with Crippen molar-refractivity contribution in [2.45, 2.75) is 31.4 Å². The van der Waals surface area contributed by atoms with Gasteiger partial charge in [-0.25, -0.2) is 0 Å². The van der Waals surface area contributed by atoms with Crippen molar-refractivity contribution in [3.05, 3.63) is 47.3 Å². The Morgan fingerprint density at radius 2 is 1.95 bits per heavy atom. The van der Waals surface area contributed by atoms with Crippen molar-refractivity contribution in [3.8, 4) is 5.75 Å². The van der Waals surface area contributed by atoms with Gasteiger partial charge in [0.1, 0.15) is 5.75 Å². The number of fused-ring (bicyclic) bond motifs is 3. The van der Waals surface area contributed by atoms with E-state index in [2.05, 4.69) is 10.3 Å². The molecule has 5 rings (SSSR count). The number of hydrogen-bond donors (Lipinski definition) is 4. The van der Waals surface area contributed by atoms with Crippen molar-refractivity contribution in [3.63, 3.8) is 0 Å². The zero-order valence-electron chi connectivity index (χ0n) is 20.9. The number of aliphatic hydroxyl groups is 1. The number of pyridine rings is 1. The summed E-state index contributed by atoms with van der Waals surface area (Å²) in [6, 6.07) is 5.35. The normalized spacial score (nSPS) is 28.3. The summed E-state index contributed by atoms with van der Waals surface area (Å²) in [7, 11) is 3.59. The summed E-state index contributed by atoms with van der Waals surface area (Å²) in [5, 5.41) is 25.7. The predicted molar refractivity (Wildman–Crippen MR) is 134 cm³/mol. The number of nitrogens with zero attached hydrogens (tertiary/aromatic N) is 2. The van der Waals surface area contributed by atoms with Gasteiger partial charge in [0.05, 0.1) is 17.2 Å². The summed E-state index contributed by atoms with van der Waals surface area (Å²) < 4.78 is 0. The van der Waals surface area contributed by atoms with E-state index in [9.17, 15) is 34.2 Å². The fourth-order valence-electron chi connectivity index (χ4n) is 6.25. The van der Waals surface area contributed by atoms with Crippen LogP contribution in [-0.2, 0) is 32.1 Å². The fourth-order valence-corrected chi connectivity index (χ4v) is 6.25. The third-order valence-electron chi connectivity index (χ3n) is 8.07. The zero-order valence-corrected chi connectivity index (χ0v) is 20.9. The van der Waals surface area contributed by atoms with Crippen molar-refractivity contribution in [2.75, 3.05) is 24.3 Å². The highest BCUT2D eigenvalue weighted by atomic mass is 16.3. The van der Waals surface area contributed by atoms with Crippen molar-refractivity contribution in [2.24, 2.45) is 29.4 Å². The lowest BCUT2D eigenvalue weighted by atomic mass is 9.53. The Bertz CT molecular complexity index is 1390. The van der Waals surface area contributed by atoms with Gasteiger partial charge in [-0.3, -0.25) is 29.0 Å². The second kappa shape index (κ2) is 9.02. The Morgan fingerprint density at radius 3 is 2.58 bits per heavy atom. The topological polar surface area (TPSA) is 180 Å². The minimum Gasteiger partial charge on any atom is -0.505 e. The second-order valence-corrected chi connectivity index (χ2v) is 10.5. The number of rotatable bonds is 5. The van der Waals surface area contributed by atoms with Gasteiger partial charge in [-0.05, 0) is 42.0 Å². The van der Waals surface area contributed by atoms with Crippen LogP contribution in [0.1, 0.15) is 34.3 Å². The molecule has 11 heteroatoms. The number of nitrogens with one attached hydrogen (secondary N) is 1. The summed E-state index contributed by atoms with van der Waals surface area (Å²) in [5.41, 5.74) is 4.84. The first-order valence-corrected chi connectivity index (χ1v) is 12.3. The van der Waals surface area contributed by atoms with E-state index >= 15 is 0 Å². The van der Waals surface area contributed by atoms with Gasteiger partial charge in [0.2, 0.25) is 5.91 Å². The van der Waals surface area contributed by atoms with Crippen molar-refractivity contribution in [1.29, 1.82) is 0 Å². The maximum absolute atomic E-state index is 13.9. The molecule has 0 spiro atoms. The molecule has 5 atom stereocenters. The van der Waals surface area contributed by atoms with Crippen LogP contribution in [0, 0.1) is 23.7 Å². The van der Waals surface area contributed by atoms with Gasteiger partial charge in [0.15, 0.2) is 34.7 Å². The predicted octanol–water partition coefficient (Wildman–Crippen LogP) is 0.400. The molecule has 0 aliphatic heterocycles. The maximum Gasteiger partial charge on any atom is 0.235 e. The average Bonchev–Trinajstić information content (AvgIpc) is 2.86. The van der Waals surface area contributed by atoms with Crippen molar-refractivity contribution < 1.29 is 34.2 Å². The van der Waals surface area contributed by atoms with E-state index in [1.54, 1.807) is 43.5 Å². The van der Waals surface area contributed by atoms with Crippen LogP contribution in [0.2, 0.25) is 0 Å². The lowest BCUT2D eigenvalue weighted by molar-refractivity contribution is -0.175. The molecule has 38 heavy (non-hydrogen) atoms. The maximum atomic E-state index is 13.9. The number of hydrogen-bond acceptors (Lipinski definition) is 10. The first kappa shape index (κ1) is 25.5. The molecule has 2 unspecified atom stereocenters. The molecule has 1 aromatic heterocycles. The van der Waals surface area contributed by atoms with Gasteiger partial charge in [-0.1, -0.05) is 6.07 Å². The minimum atomic E-state index is -2.67. The molecule has 1 amide bonds. The Hall–Kier alpha value is -4.12. The Morgan fingerprint density at radius 1 is 1.21 bits per heavy atom. The summed E-state index contributed by atoms with van der Waals surface area (Å²) in [4.78, 5) is 70.8. The molecule has 1 heterocycles. The van der Waals surface area contributed by atoms with Crippen LogP contribution in [0.5, 0.6) is 5.75 Å². The number of phenolic OH excluding ortho intramolecular Hbond substituents is 1. The van der Waals surface area contributed by atoms with Gasteiger partial charge in [-0.2, -0.15) is 0 Å². The number of amides is 1. The fraction of sp³-hybridized carbons (Fsp3) is 0.407. The number of Topliss-reactive ketones (excluding diaryl/α,β-unsaturated/α-hetero) is 4. The molecule has 0 saturated heterocycles. The molecule has 2 saturated carbocycles. The van der Waals surface area contributed by atoms with Gasteiger partial charge >= 0.3 is 0 Å². The molecule has 3 aliphatic rings. The lowest BCUT2D eigenvalue weighted by Crippen LogP contribution is -2.68. The molecule has 11 nitrogen and oxygen atoms in total. The molecule has 0 bridgehead atoms. The number of ketones is 4. The summed E-state index contributed by atoms with van der Waals surface area (Å²) in [6.07, 6.45) is 3.20. The first-order chi connectivity index (χ1) is 18.0. The monoisotopic (exact) mass is 520 g/mol. The van der Waals surface area contributed by atoms with Gasteiger partial charge in [-0.15, -0.1) is 0 Å². The van der Waals surface area contributed by atoms with E-state index in [1.807, 2.05) is 6.07 Å². The molecule has 1 aromatic carbocycles. The largest absolute Gasteiger partial charge is 0.505 e. The van der Waals surface area contributed by atoms with Crippen LogP contribution in [0.3, 0.4) is 0 Å². The van der Waals surface area contributed by atoms with Gasteiger partial charge in [0.25, 0.3) is 0 Å². The number of benzene rings is 1. The van der Waals surface area contributed by atoms with E-state index in [-0.39, 0.29) is 36.3 Å². The standard InChI is InChI=1S/C27H28N4O7/c1-31(2)17-9-16(30-11-12-4-3-5-29-10-12)22(33)20-15(17)7-13-6-14-8-18(32)21(26(28)37)25(36)27(14,38)24(35)19(13)23(20)34/h3-5,9-10,13-14,19,21,30,33,38H,6-8,11H2,1-2H3,(H2,28,37)/t13-,14+,19?,21?,27+/m1/s1. The number of carbonyl (C=O) groups is 5. The molecule has 2 fully saturated rings. The highest BCUT2D eigenvalue weighted by molar-refractivity contribution is 6.31. The highest BCUT2D eigenvalue weighted by Crippen LogP contribution is 2.52. The van der Waals surface area contributed by atoms with E-state index in [0.29, 0.717) is 17.8 Å². The Kier molecular flexibility index (Phi) is 6.06. The number of carbonyl (C=O) groups excluding carboxylic acids is 5. The van der Waals surface area contributed by atoms with Crippen LogP contribution in [-0.4, -0.2) is 63.9 Å². The molecule has 198 valence electrons. The van der Waals surface area contributed by atoms with Gasteiger partial charge in [0, 0.05) is 51.1 Å². The number of nitrogens with two attached hydrogens (primary N) is 1. The minimum absolute atomic E-state index is 0.0488. The first-order valence-electron chi connectivity index (χ1n) is 12.3. The third-order valence-corrected chi connectivity index (χ3v) is 8.07. The molecule has 3 aliphatic carbocycles. The quantitative estimate of drug-likeness (QED) is 0.318. The van der Waals surface area contributed by atoms with Crippen LogP contribution >= 0.6 is 0 Å². The molecule has 0 radical (unpaired) electrons. The average molecular weight is 521 g/mol. The molecular weight excluding hydrogens is 492 g/mol. The lowest BCUT2D eigenvalue weighted by Gasteiger charge is -2.48. The number of phenols is 1. The van der Waals surface area contributed by atoms with Crippen LogP contribution in [0.25, 0.3) is 0 Å². The number of aromatic nitrogens is 1.